The van der Waals surface area contributed by atoms with Crippen molar-refractivity contribution in [1.82, 2.24) is 0 Å². The maximum atomic E-state index is 12.6. The molecule has 0 fully saturated rings. The first-order chi connectivity index (χ1) is 9.61. The van der Waals surface area contributed by atoms with Gasteiger partial charge in [-0.1, -0.05) is 40.0 Å². The van der Waals surface area contributed by atoms with E-state index in [2.05, 4.69) is 0 Å². The van der Waals surface area contributed by atoms with E-state index in [0.717, 1.165) is 32.1 Å². The molecule has 0 aliphatic heterocycles. The molecule has 6 heteroatoms. The number of rotatable bonds is 14. The summed E-state index contributed by atoms with van der Waals surface area (Å²) in [5.74, 6) is 0. The first-order valence-electron chi connectivity index (χ1n) is 7.80. The monoisotopic (exact) mass is 310 g/mol. The van der Waals surface area contributed by atoms with Crippen molar-refractivity contribution >= 4 is 7.82 Å². The predicted molar refractivity (Wildman–Crippen MR) is 80.7 cm³/mol. The van der Waals surface area contributed by atoms with E-state index in [4.69, 9.17) is 18.3 Å². The lowest BCUT2D eigenvalue weighted by Crippen LogP contribution is -2.17. The molecule has 1 unspecified atom stereocenters. The zero-order valence-corrected chi connectivity index (χ0v) is 14.3. The second-order valence-corrected chi connectivity index (χ2v) is 6.22. The van der Waals surface area contributed by atoms with E-state index in [9.17, 15) is 4.57 Å². The van der Waals surface area contributed by atoms with E-state index < -0.39 is 14.1 Å². The van der Waals surface area contributed by atoms with E-state index in [1.807, 2.05) is 27.7 Å². The van der Waals surface area contributed by atoms with Crippen LogP contribution in [-0.2, 0) is 22.9 Å². The quantitative estimate of drug-likeness (QED) is 0.259. The Bertz CT molecular complexity index is 240. The van der Waals surface area contributed by atoms with E-state index >= 15 is 0 Å². The maximum Gasteiger partial charge on any atom is 0.477 e. The Kier molecular flexibility index (Phi) is 12.8. The van der Waals surface area contributed by atoms with Crippen molar-refractivity contribution in [3.05, 3.63) is 0 Å². The third-order valence-electron chi connectivity index (χ3n) is 2.62. The molecule has 0 aliphatic rings. The number of phosphoric acid groups is 1. The molecule has 20 heavy (non-hydrogen) atoms. The van der Waals surface area contributed by atoms with Crippen LogP contribution >= 0.6 is 7.82 Å². The summed E-state index contributed by atoms with van der Waals surface area (Å²) in [6.45, 7) is 9.27. The smallest absolute Gasteiger partial charge is 0.352 e. The summed E-state index contributed by atoms with van der Waals surface area (Å²) in [7, 11) is -3.52. The average Bonchev–Trinajstić information content (AvgIpc) is 2.40. The summed E-state index contributed by atoms with van der Waals surface area (Å²) in [5.41, 5.74) is 0. The number of ether oxygens (including phenoxy) is 1. The summed E-state index contributed by atoms with van der Waals surface area (Å²) in [4.78, 5) is 0. The fourth-order valence-electron chi connectivity index (χ4n) is 1.47. The molecule has 0 N–H and O–H groups in total. The van der Waals surface area contributed by atoms with Crippen molar-refractivity contribution < 1.29 is 22.9 Å². The minimum atomic E-state index is -3.52. The van der Waals surface area contributed by atoms with Gasteiger partial charge in [0.1, 0.15) is 0 Å². The highest BCUT2D eigenvalue weighted by atomic mass is 31.2. The minimum Gasteiger partial charge on any atom is -0.352 e. The van der Waals surface area contributed by atoms with Crippen LogP contribution in [0.15, 0.2) is 0 Å². The molecule has 0 saturated heterocycles. The topological polar surface area (TPSA) is 54.0 Å². The van der Waals surface area contributed by atoms with Crippen LogP contribution in [0.2, 0.25) is 0 Å². The van der Waals surface area contributed by atoms with Gasteiger partial charge in [-0.2, -0.15) is 0 Å². The molecule has 0 aliphatic carbocycles. The van der Waals surface area contributed by atoms with E-state index in [-0.39, 0.29) is 0 Å². The molecule has 122 valence electrons. The van der Waals surface area contributed by atoms with Crippen LogP contribution in [0.5, 0.6) is 0 Å². The van der Waals surface area contributed by atoms with E-state index in [0.29, 0.717) is 26.2 Å². The summed E-state index contributed by atoms with van der Waals surface area (Å²) in [6.07, 6.45) is 4.63. The molecule has 0 aromatic heterocycles. The van der Waals surface area contributed by atoms with Gasteiger partial charge in [0.25, 0.3) is 0 Å². The van der Waals surface area contributed by atoms with Crippen LogP contribution in [0.3, 0.4) is 0 Å². The summed E-state index contributed by atoms with van der Waals surface area (Å²) < 4.78 is 34.3. The fraction of sp³-hybridized carbons (Fsp3) is 1.00. The highest BCUT2D eigenvalue weighted by Gasteiger charge is 2.30. The normalized spacial score (nSPS) is 13.6. The second-order valence-electron chi connectivity index (χ2n) is 4.60. The Morgan fingerprint density at radius 2 is 1.45 bits per heavy atom. The molecule has 0 rings (SSSR count). The number of hydrogen-bond acceptors (Lipinski definition) is 5. The van der Waals surface area contributed by atoms with Crippen molar-refractivity contribution in [2.45, 2.75) is 72.5 Å². The highest BCUT2D eigenvalue weighted by molar-refractivity contribution is 7.48. The fourth-order valence-corrected chi connectivity index (χ4v) is 2.83. The molecule has 0 saturated carbocycles. The van der Waals surface area contributed by atoms with Crippen LogP contribution in [-0.4, -0.2) is 26.1 Å². The average molecular weight is 310 g/mol. The Balaban J connectivity index is 4.48. The van der Waals surface area contributed by atoms with Crippen LogP contribution in [0, 0.1) is 0 Å². The van der Waals surface area contributed by atoms with Crippen LogP contribution in [0.4, 0.5) is 0 Å². The van der Waals surface area contributed by atoms with Crippen LogP contribution < -0.4 is 0 Å². The Hall–Kier alpha value is 0.0700. The van der Waals surface area contributed by atoms with Gasteiger partial charge in [0, 0.05) is 6.61 Å². The molecular formula is C14H31O5P. The van der Waals surface area contributed by atoms with Gasteiger partial charge < -0.3 is 4.74 Å². The third-order valence-corrected chi connectivity index (χ3v) is 4.11. The van der Waals surface area contributed by atoms with Crippen molar-refractivity contribution in [3.63, 3.8) is 0 Å². The molecule has 0 spiro atoms. The molecule has 0 aromatic carbocycles. The zero-order valence-electron chi connectivity index (χ0n) is 13.4. The lowest BCUT2D eigenvalue weighted by molar-refractivity contribution is -0.0990. The SMILES string of the molecule is CCCCOP(=O)(OCCCC)OC(CCC)OCC. The first kappa shape index (κ1) is 20.1. The third kappa shape index (κ3) is 9.89. The van der Waals surface area contributed by atoms with Crippen molar-refractivity contribution in [2.75, 3.05) is 19.8 Å². The lowest BCUT2D eigenvalue weighted by Gasteiger charge is -2.23. The molecule has 0 heterocycles. The Morgan fingerprint density at radius 3 is 1.85 bits per heavy atom. The summed E-state index contributed by atoms with van der Waals surface area (Å²) in [6, 6.07) is 0. The van der Waals surface area contributed by atoms with Gasteiger partial charge in [-0.25, -0.2) is 4.57 Å². The van der Waals surface area contributed by atoms with Gasteiger partial charge in [-0.05, 0) is 26.2 Å². The van der Waals surface area contributed by atoms with Crippen molar-refractivity contribution in [3.8, 4) is 0 Å². The van der Waals surface area contributed by atoms with Gasteiger partial charge in [0.2, 0.25) is 0 Å². The molecule has 1 atom stereocenters. The summed E-state index contributed by atoms with van der Waals surface area (Å²) in [5, 5.41) is 0. The molecular weight excluding hydrogens is 279 g/mol. The summed E-state index contributed by atoms with van der Waals surface area (Å²) >= 11 is 0. The molecule has 0 aromatic rings. The largest absolute Gasteiger partial charge is 0.477 e. The first-order valence-corrected chi connectivity index (χ1v) is 9.26. The molecule has 0 radical (unpaired) electrons. The van der Waals surface area contributed by atoms with Crippen LogP contribution in [0.25, 0.3) is 0 Å². The van der Waals surface area contributed by atoms with Crippen molar-refractivity contribution in [2.24, 2.45) is 0 Å². The highest BCUT2D eigenvalue weighted by Crippen LogP contribution is 2.51. The predicted octanol–water partition coefficient (Wildman–Crippen LogP) is 4.91. The van der Waals surface area contributed by atoms with Gasteiger partial charge in [-0.15, -0.1) is 0 Å². The van der Waals surface area contributed by atoms with E-state index in [1.165, 1.54) is 0 Å². The van der Waals surface area contributed by atoms with Gasteiger partial charge in [0.15, 0.2) is 6.29 Å². The number of unbranched alkanes of at least 4 members (excludes halogenated alkanes) is 2. The van der Waals surface area contributed by atoms with Gasteiger partial charge in [-0.3, -0.25) is 13.6 Å². The van der Waals surface area contributed by atoms with Crippen LogP contribution in [0.1, 0.15) is 66.2 Å². The Morgan fingerprint density at radius 1 is 0.900 bits per heavy atom. The number of hydrogen-bond donors (Lipinski definition) is 0. The standard InChI is InChI=1S/C14H31O5P/c1-5-9-12-17-20(15,18-13-10-6-2)19-14(11-7-3)16-8-4/h14H,5-13H2,1-4H3. The van der Waals surface area contributed by atoms with E-state index in [1.54, 1.807) is 0 Å². The zero-order chi connectivity index (χ0) is 15.3. The molecule has 5 nitrogen and oxygen atoms in total. The molecule has 0 amide bonds. The maximum absolute atomic E-state index is 12.6. The minimum absolute atomic E-state index is 0.380. The second kappa shape index (κ2) is 12.8. The lowest BCUT2D eigenvalue weighted by atomic mass is 10.3. The molecule has 0 bridgehead atoms. The van der Waals surface area contributed by atoms with Crippen molar-refractivity contribution in [1.29, 1.82) is 0 Å². The van der Waals surface area contributed by atoms with Gasteiger partial charge in [0.05, 0.1) is 13.2 Å². The number of phosphoric ester groups is 1. The van der Waals surface area contributed by atoms with Gasteiger partial charge >= 0.3 is 7.82 Å². The Labute approximate surface area is 123 Å².